The lowest BCUT2D eigenvalue weighted by Gasteiger charge is -2.33. The topological polar surface area (TPSA) is 51.1 Å². The summed E-state index contributed by atoms with van der Waals surface area (Å²) in [5.41, 5.74) is 4.58. The Morgan fingerprint density at radius 1 is 0.744 bits per heavy atom. The molecule has 0 spiro atoms. The van der Waals surface area contributed by atoms with Crippen LogP contribution in [-0.4, -0.2) is 20.6 Å². The quantitative estimate of drug-likeness (QED) is 0.253. The summed E-state index contributed by atoms with van der Waals surface area (Å²) in [5, 5.41) is 9.84. The molecule has 0 amide bonds. The molecule has 39 heavy (non-hydrogen) atoms. The molecule has 3 aromatic carbocycles. The van der Waals surface area contributed by atoms with Crippen molar-refractivity contribution in [1.82, 2.24) is 20.2 Å². The van der Waals surface area contributed by atoms with Crippen molar-refractivity contribution in [3.05, 3.63) is 96.2 Å². The smallest absolute Gasteiger partial charge is 0.137 e. The second-order valence-electron chi connectivity index (χ2n) is 12.8. The zero-order chi connectivity index (χ0) is 27.6. The average Bonchev–Trinajstić information content (AvgIpc) is 3.32. The van der Waals surface area contributed by atoms with E-state index in [1.54, 1.807) is 0 Å². The molecule has 0 atom stereocenters. The predicted molar refractivity (Wildman–Crippen MR) is 161 cm³/mol. The van der Waals surface area contributed by atoms with Gasteiger partial charge in [-0.1, -0.05) is 51.1 Å². The Morgan fingerprint density at radius 3 is 2.18 bits per heavy atom. The third-order valence-corrected chi connectivity index (χ3v) is 8.49. The molecule has 3 heterocycles. The number of para-hydroxylation sites is 1. The van der Waals surface area contributed by atoms with Crippen LogP contribution in [0.3, 0.4) is 0 Å². The number of fused-ring (bicyclic) bond motifs is 3. The van der Waals surface area contributed by atoms with Crippen molar-refractivity contribution in [2.75, 3.05) is 0 Å². The number of hydrogen-bond donors (Lipinski definition) is 2. The predicted octanol–water partition coefficient (Wildman–Crippen LogP) is 8.02. The van der Waals surface area contributed by atoms with Crippen LogP contribution >= 0.6 is 0 Å². The van der Waals surface area contributed by atoms with Gasteiger partial charge in [0.25, 0.3) is 0 Å². The van der Waals surface area contributed by atoms with E-state index in [0.717, 1.165) is 33.9 Å². The standard InChI is InChI=1S/C34H38N4O/c1-32(2,3)23-17-18-35-30(20-23)38-28-14-9-8-13-26(28)27-16-15-25(21-29(27)38)39-24-12-10-11-22(19-24)31-36-33(4,5)34(6,7)37-31/h8-21,31,36-37H,1-7H3. The molecule has 2 N–H and O–H groups in total. The molecule has 6 rings (SSSR count). The summed E-state index contributed by atoms with van der Waals surface area (Å²) in [5.74, 6) is 2.52. The first kappa shape index (κ1) is 25.6. The van der Waals surface area contributed by atoms with Gasteiger partial charge < -0.3 is 4.74 Å². The number of ether oxygens (including phenoxy) is 1. The van der Waals surface area contributed by atoms with Crippen LogP contribution in [0.2, 0.25) is 0 Å². The Morgan fingerprint density at radius 2 is 1.44 bits per heavy atom. The largest absolute Gasteiger partial charge is 0.457 e. The molecular weight excluding hydrogens is 480 g/mol. The molecule has 1 fully saturated rings. The average molecular weight is 519 g/mol. The van der Waals surface area contributed by atoms with Crippen LogP contribution in [0.4, 0.5) is 0 Å². The summed E-state index contributed by atoms with van der Waals surface area (Å²) >= 11 is 0. The van der Waals surface area contributed by atoms with Gasteiger partial charge in [0.2, 0.25) is 0 Å². The number of benzene rings is 3. The van der Waals surface area contributed by atoms with Crippen molar-refractivity contribution in [2.24, 2.45) is 0 Å². The number of hydrogen-bond acceptors (Lipinski definition) is 4. The van der Waals surface area contributed by atoms with E-state index in [4.69, 9.17) is 9.72 Å². The Hall–Kier alpha value is -3.67. The van der Waals surface area contributed by atoms with Gasteiger partial charge in [0.15, 0.2) is 0 Å². The van der Waals surface area contributed by atoms with Crippen molar-refractivity contribution in [3.8, 4) is 17.3 Å². The first-order chi connectivity index (χ1) is 18.4. The Kier molecular flexibility index (Phi) is 5.87. The highest BCUT2D eigenvalue weighted by atomic mass is 16.5. The van der Waals surface area contributed by atoms with E-state index < -0.39 is 0 Å². The molecule has 0 unspecified atom stereocenters. The highest BCUT2D eigenvalue weighted by Crippen LogP contribution is 2.37. The van der Waals surface area contributed by atoms with Gasteiger partial charge in [0, 0.05) is 34.1 Å². The summed E-state index contributed by atoms with van der Waals surface area (Å²) in [7, 11) is 0. The summed E-state index contributed by atoms with van der Waals surface area (Å²) < 4.78 is 8.72. The summed E-state index contributed by atoms with van der Waals surface area (Å²) in [6.07, 6.45) is 1.97. The molecule has 0 radical (unpaired) electrons. The van der Waals surface area contributed by atoms with Gasteiger partial charge in [-0.2, -0.15) is 0 Å². The minimum atomic E-state index is -0.0364. The molecule has 0 bridgehead atoms. The molecule has 2 aromatic heterocycles. The van der Waals surface area contributed by atoms with E-state index in [2.05, 4.69) is 136 Å². The van der Waals surface area contributed by atoms with Gasteiger partial charge in [-0.3, -0.25) is 15.2 Å². The fraction of sp³-hybridized carbons (Fsp3) is 0.324. The number of aromatic nitrogens is 2. The molecular formula is C34H38N4O. The summed E-state index contributed by atoms with van der Waals surface area (Å²) in [6.45, 7) is 15.6. The molecule has 1 aliphatic rings. The maximum atomic E-state index is 6.47. The monoisotopic (exact) mass is 518 g/mol. The molecule has 5 aromatic rings. The first-order valence-corrected chi connectivity index (χ1v) is 13.8. The summed E-state index contributed by atoms with van der Waals surface area (Å²) in [4.78, 5) is 4.80. The summed E-state index contributed by atoms with van der Waals surface area (Å²) in [6, 6.07) is 27.5. The Balaban J connectivity index is 1.40. The van der Waals surface area contributed by atoms with E-state index in [1.807, 2.05) is 12.3 Å². The van der Waals surface area contributed by atoms with E-state index in [9.17, 15) is 0 Å². The van der Waals surface area contributed by atoms with Gasteiger partial charge in [-0.15, -0.1) is 0 Å². The number of rotatable bonds is 4. The van der Waals surface area contributed by atoms with Crippen molar-refractivity contribution in [3.63, 3.8) is 0 Å². The third-order valence-electron chi connectivity index (χ3n) is 8.49. The molecule has 0 aliphatic carbocycles. The zero-order valence-corrected chi connectivity index (χ0v) is 24.0. The van der Waals surface area contributed by atoms with Crippen molar-refractivity contribution < 1.29 is 4.74 Å². The molecule has 200 valence electrons. The maximum Gasteiger partial charge on any atom is 0.137 e. The Bertz CT molecular complexity index is 1670. The van der Waals surface area contributed by atoms with Crippen LogP contribution < -0.4 is 15.4 Å². The molecule has 5 heteroatoms. The zero-order valence-electron chi connectivity index (χ0n) is 24.0. The van der Waals surface area contributed by atoms with Crippen LogP contribution in [-0.2, 0) is 5.41 Å². The second kappa shape index (κ2) is 8.94. The molecule has 1 aliphatic heterocycles. The maximum absolute atomic E-state index is 6.47. The fourth-order valence-corrected chi connectivity index (χ4v) is 5.45. The lowest BCUT2D eigenvalue weighted by atomic mass is 9.85. The first-order valence-electron chi connectivity index (χ1n) is 13.8. The van der Waals surface area contributed by atoms with Gasteiger partial charge >= 0.3 is 0 Å². The van der Waals surface area contributed by atoms with Crippen molar-refractivity contribution in [1.29, 1.82) is 0 Å². The number of pyridine rings is 1. The number of nitrogens with zero attached hydrogens (tertiary/aromatic N) is 2. The van der Waals surface area contributed by atoms with Crippen molar-refractivity contribution in [2.45, 2.75) is 71.1 Å². The fourth-order valence-electron chi connectivity index (χ4n) is 5.45. The Labute approximate surface area is 231 Å². The van der Waals surface area contributed by atoms with Crippen LogP contribution in [0.5, 0.6) is 11.5 Å². The second-order valence-corrected chi connectivity index (χ2v) is 12.8. The van der Waals surface area contributed by atoms with E-state index >= 15 is 0 Å². The lowest BCUT2D eigenvalue weighted by molar-refractivity contribution is 0.295. The molecule has 5 nitrogen and oxygen atoms in total. The highest BCUT2D eigenvalue weighted by molar-refractivity contribution is 6.09. The lowest BCUT2D eigenvalue weighted by Crippen LogP contribution is -2.51. The van der Waals surface area contributed by atoms with E-state index in [0.29, 0.717) is 0 Å². The minimum Gasteiger partial charge on any atom is -0.457 e. The van der Waals surface area contributed by atoms with E-state index in [1.165, 1.54) is 16.3 Å². The van der Waals surface area contributed by atoms with Crippen LogP contribution in [0.25, 0.3) is 27.6 Å². The SMILES string of the molecule is CC(C)(C)c1ccnc(-n2c3ccccc3c3ccc(Oc4cccc(C5NC(C)(C)C(C)(C)N5)c4)cc32)c1. The minimum absolute atomic E-state index is 0.0309. The van der Waals surface area contributed by atoms with Gasteiger partial charge in [0.05, 0.1) is 17.2 Å². The number of nitrogens with one attached hydrogen (secondary N) is 2. The van der Waals surface area contributed by atoms with Crippen molar-refractivity contribution >= 4 is 21.8 Å². The van der Waals surface area contributed by atoms with E-state index in [-0.39, 0.29) is 22.7 Å². The van der Waals surface area contributed by atoms with Crippen LogP contribution in [0.1, 0.15) is 65.8 Å². The van der Waals surface area contributed by atoms with Gasteiger partial charge in [-0.05, 0) is 86.7 Å². The van der Waals surface area contributed by atoms with Gasteiger partial charge in [-0.25, -0.2) is 4.98 Å². The third kappa shape index (κ3) is 4.50. The molecule has 1 saturated heterocycles. The van der Waals surface area contributed by atoms with Crippen LogP contribution in [0.15, 0.2) is 85.1 Å². The van der Waals surface area contributed by atoms with Crippen LogP contribution in [0, 0.1) is 0 Å². The molecule has 0 saturated carbocycles. The normalized spacial score (nSPS) is 17.2. The van der Waals surface area contributed by atoms with Gasteiger partial charge in [0.1, 0.15) is 17.3 Å². The highest BCUT2D eigenvalue weighted by Gasteiger charge is 2.45.